The van der Waals surface area contributed by atoms with Gasteiger partial charge in [0.2, 0.25) is 0 Å². The lowest BCUT2D eigenvalue weighted by molar-refractivity contribution is 0.0838. The van der Waals surface area contributed by atoms with Gasteiger partial charge >= 0.3 is 0 Å². The number of carbonyl (C=O) groups is 1. The first-order chi connectivity index (χ1) is 9.22. The predicted molar refractivity (Wildman–Crippen MR) is 68.0 cm³/mol. The Morgan fingerprint density at radius 3 is 3.11 bits per heavy atom. The summed E-state index contributed by atoms with van der Waals surface area (Å²) >= 11 is 0. The number of pyridine rings is 1. The number of fused-ring (bicyclic) bond motifs is 1. The lowest BCUT2D eigenvalue weighted by atomic mass is 10.2. The molecule has 0 saturated carbocycles. The fraction of sp³-hybridized carbons (Fsp3) is 0.417. The highest BCUT2D eigenvalue weighted by Crippen LogP contribution is 2.06. The van der Waals surface area contributed by atoms with Crippen molar-refractivity contribution in [3.63, 3.8) is 0 Å². The zero-order valence-corrected chi connectivity index (χ0v) is 10.7. The summed E-state index contributed by atoms with van der Waals surface area (Å²) < 4.78 is 6.86. The number of aromatic nitrogens is 3. The number of ether oxygens (including phenoxy) is 1. The number of hydrogen-bond acceptors (Lipinski definition) is 5. The van der Waals surface area contributed by atoms with Crippen molar-refractivity contribution < 1.29 is 14.6 Å². The molecule has 2 rings (SSSR count). The van der Waals surface area contributed by atoms with Gasteiger partial charge in [0.05, 0.1) is 19.8 Å². The van der Waals surface area contributed by atoms with Crippen LogP contribution in [0.25, 0.3) is 5.65 Å². The summed E-state index contributed by atoms with van der Waals surface area (Å²) in [6, 6.07) is 3.40. The van der Waals surface area contributed by atoms with Crippen LogP contribution in [0.15, 0.2) is 18.3 Å². The second-order valence-corrected chi connectivity index (χ2v) is 3.98. The molecule has 0 fully saturated rings. The average Bonchev–Trinajstić information content (AvgIpc) is 2.79. The van der Waals surface area contributed by atoms with E-state index in [-0.39, 0.29) is 19.1 Å². The van der Waals surface area contributed by atoms with E-state index in [4.69, 9.17) is 9.84 Å². The molecule has 0 atom stereocenters. The Morgan fingerprint density at radius 1 is 1.47 bits per heavy atom. The first-order valence-corrected chi connectivity index (χ1v) is 6.00. The third-order valence-electron chi connectivity index (χ3n) is 2.61. The van der Waals surface area contributed by atoms with Crippen molar-refractivity contribution in [1.29, 1.82) is 0 Å². The minimum Gasteiger partial charge on any atom is -0.394 e. The van der Waals surface area contributed by atoms with Gasteiger partial charge in [-0.15, -0.1) is 10.2 Å². The molecule has 0 radical (unpaired) electrons. The van der Waals surface area contributed by atoms with Crippen LogP contribution < -0.4 is 5.32 Å². The molecule has 2 heterocycles. The van der Waals surface area contributed by atoms with Crippen molar-refractivity contribution in [1.82, 2.24) is 19.9 Å². The van der Waals surface area contributed by atoms with E-state index in [1.54, 1.807) is 22.7 Å². The monoisotopic (exact) mass is 264 g/mol. The van der Waals surface area contributed by atoms with Crippen LogP contribution in [0.4, 0.5) is 0 Å². The average molecular weight is 264 g/mol. The number of carbonyl (C=O) groups excluding carboxylic acids is 1. The van der Waals surface area contributed by atoms with Crippen LogP contribution in [-0.2, 0) is 4.74 Å². The van der Waals surface area contributed by atoms with Crippen LogP contribution in [0.3, 0.4) is 0 Å². The zero-order chi connectivity index (χ0) is 13.7. The maximum atomic E-state index is 11.9. The molecule has 7 nitrogen and oxygen atoms in total. The molecule has 7 heteroatoms. The van der Waals surface area contributed by atoms with Gasteiger partial charge in [-0.1, -0.05) is 0 Å². The number of nitrogens with one attached hydrogen (secondary N) is 1. The molecule has 0 unspecified atom stereocenters. The molecule has 0 spiro atoms. The van der Waals surface area contributed by atoms with Crippen LogP contribution in [0.5, 0.6) is 0 Å². The Labute approximate surface area is 110 Å². The van der Waals surface area contributed by atoms with Gasteiger partial charge in [-0.05, 0) is 19.1 Å². The third-order valence-corrected chi connectivity index (χ3v) is 2.61. The summed E-state index contributed by atoms with van der Waals surface area (Å²) in [5, 5.41) is 19.1. The van der Waals surface area contributed by atoms with Gasteiger partial charge in [0.1, 0.15) is 5.82 Å². The number of aliphatic hydroxyl groups is 1. The number of hydrogen-bond donors (Lipinski definition) is 2. The van der Waals surface area contributed by atoms with Crippen molar-refractivity contribution in [2.24, 2.45) is 0 Å². The lowest BCUT2D eigenvalue weighted by Crippen LogP contribution is -2.27. The van der Waals surface area contributed by atoms with E-state index in [0.29, 0.717) is 24.4 Å². The van der Waals surface area contributed by atoms with E-state index in [1.807, 2.05) is 6.92 Å². The Kier molecular flexibility index (Phi) is 4.43. The maximum Gasteiger partial charge on any atom is 0.251 e. The van der Waals surface area contributed by atoms with Crippen LogP contribution >= 0.6 is 0 Å². The Morgan fingerprint density at radius 2 is 2.32 bits per heavy atom. The van der Waals surface area contributed by atoms with E-state index >= 15 is 0 Å². The Bertz CT molecular complexity index is 567. The van der Waals surface area contributed by atoms with Crippen molar-refractivity contribution in [3.8, 4) is 0 Å². The fourth-order valence-corrected chi connectivity index (χ4v) is 1.66. The standard InChI is InChI=1S/C12H16N4O3/c1-9-14-15-11-8-10(2-4-16(9)11)12(18)13-3-6-19-7-5-17/h2,4,8,17H,3,5-7H2,1H3,(H,13,18). The normalized spacial score (nSPS) is 10.8. The highest BCUT2D eigenvalue weighted by atomic mass is 16.5. The van der Waals surface area contributed by atoms with Crippen molar-refractivity contribution in [3.05, 3.63) is 29.7 Å². The van der Waals surface area contributed by atoms with Gasteiger partial charge in [0, 0.05) is 18.3 Å². The molecule has 0 aliphatic carbocycles. The first kappa shape index (κ1) is 13.4. The van der Waals surface area contributed by atoms with E-state index in [0.717, 1.165) is 5.82 Å². The Balaban J connectivity index is 1.93. The number of amides is 1. The summed E-state index contributed by atoms with van der Waals surface area (Å²) in [7, 11) is 0. The van der Waals surface area contributed by atoms with Crippen LogP contribution in [0.1, 0.15) is 16.2 Å². The molecule has 2 N–H and O–H groups in total. The molecular formula is C12H16N4O3. The maximum absolute atomic E-state index is 11.9. The minimum absolute atomic E-state index is 0.0170. The van der Waals surface area contributed by atoms with E-state index in [2.05, 4.69) is 15.5 Å². The van der Waals surface area contributed by atoms with Gasteiger partial charge < -0.3 is 15.2 Å². The molecule has 0 bridgehead atoms. The molecule has 0 aromatic carbocycles. The molecule has 1 amide bonds. The first-order valence-electron chi connectivity index (χ1n) is 6.00. The number of aliphatic hydroxyl groups excluding tert-OH is 1. The van der Waals surface area contributed by atoms with Crippen LogP contribution in [0.2, 0.25) is 0 Å². The van der Waals surface area contributed by atoms with Crippen LogP contribution in [0, 0.1) is 6.92 Å². The van der Waals surface area contributed by atoms with Crippen molar-refractivity contribution >= 4 is 11.6 Å². The van der Waals surface area contributed by atoms with Gasteiger partial charge in [-0.2, -0.15) is 0 Å². The molecule has 2 aromatic rings. The predicted octanol–water partition coefficient (Wildman–Crippen LogP) is -0.224. The van der Waals surface area contributed by atoms with E-state index in [9.17, 15) is 4.79 Å². The Hall–Kier alpha value is -1.99. The molecule has 19 heavy (non-hydrogen) atoms. The summed E-state index contributed by atoms with van der Waals surface area (Å²) in [5.41, 5.74) is 1.17. The summed E-state index contributed by atoms with van der Waals surface area (Å²) in [5.74, 6) is 0.593. The van der Waals surface area contributed by atoms with Crippen molar-refractivity contribution in [2.75, 3.05) is 26.4 Å². The molecule has 2 aromatic heterocycles. The highest BCUT2D eigenvalue weighted by molar-refractivity contribution is 5.94. The molecule has 102 valence electrons. The number of aryl methyl sites for hydroxylation is 1. The second-order valence-electron chi connectivity index (χ2n) is 3.98. The molecular weight excluding hydrogens is 248 g/mol. The topological polar surface area (TPSA) is 88.8 Å². The van der Waals surface area contributed by atoms with Crippen LogP contribution in [-0.4, -0.2) is 52.0 Å². The number of rotatable bonds is 6. The van der Waals surface area contributed by atoms with Gasteiger partial charge in [-0.25, -0.2) is 0 Å². The fourth-order valence-electron chi connectivity index (χ4n) is 1.66. The van der Waals surface area contributed by atoms with Gasteiger partial charge in [0.25, 0.3) is 5.91 Å². The molecule has 0 aliphatic rings. The highest BCUT2D eigenvalue weighted by Gasteiger charge is 2.08. The quantitative estimate of drug-likeness (QED) is 0.704. The second kappa shape index (κ2) is 6.26. The lowest BCUT2D eigenvalue weighted by Gasteiger charge is -2.06. The third kappa shape index (κ3) is 3.27. The summed E-state index contributed by atoms with van der Waals surface area (Å²) in [6.07, 6.45) is 1.77. The summed E-state index contributed by atoms with van der Waals surface area (Å²) in [6.45, 7) is 2.88. The number of nitrogens with zero attached hydrogens (tertiary/aromatic N) is 3. The molecule has 0 saturated heterocycles. The van der Waals surface area contributed by atoms with E-state index < -0.39 is 0 Å². The smallest absolute Gasteiger partial charge is 0.251 e. The molecule has 0 aliphatic heterocycles. The largest absolute Gasteiger partial charge is 0.394 e. The van der Waals surface area contributed by atoms with Gasteiger partial charge in [0.15, 0.2) is 5.65 Å². The zero-order valence-electron chi connectivity index (χ0n) is 10.7. The van der Waals surface area contributed by atoms with Crippen molar-refractivity contribution in [2.45, 2.75) is 6.92 Å². The summed E-state index contributed by atoms with van der Waals surface area (Å²) in [4.78, 5) is 11.9. The minimum atomic E-state index is -0.184. The van der Waals surface area contributed by atoms with Gasteiger partial charge in [-0.3, -0.25) is 9.20 Å². The SMILES string of the molecule is Cc1nnc2cc(C(=O)NCCOCCO)ccn12. The van der Waals surface area contributed by atoms with E-state index in [1.165, 1.54) is 0 Å².